The Morgan fingerprint density at radius 2 is 1.71 bits per heavy atom. The van der Waals surface area contributed by atoms with Crippen molar-refractivity contribution in [3.63, 3.8) is 0 Å². The molecule has 28 heavy (non-hydrogen) atoms. The fourth-order valence-electron chi connectivity index (χ4n) is 2.30. The number of ether oxygens (including phenoxy) is 1. The van der Waals surface area contributed by atoms with Crippen LogP contribution >= 0.6 is 0 Å². The Hall–Kier alpha value is -3.46. The van der Waals surface area contributed by atoms with E-state index in [1.165, 1.54) is 30.5 Å². The summed E-state index contributed by atoms with van der Waals surface area (Å²) in [6.45, 7) is 1.72. The van der Waals surface area contributed by atoms with Gasteiger partial charge in [0, 0.05) is 17.2 Å². The quantitative estimate of drug-likeness (QED) is 0.682. The molecule has 0 radical (unpaired) electrons. The van der Waals surface area contributed by atoms with Crippen LogP contribution in [-0.4, -0.2) is 31.4 Å². The molecule has 0 spiro atoms. The van der Waals surface area contributed by atoms with Gasteiger partial charge in [-0.3, -0.25) is 9.52 Å². The zero-order valence-electron chi connectivity index (χ0n) is 15.2. The Morgan fingerprint density at radius 3 is 2.32 bits per heavy atom. The molecule has 0 bridgehead atoms. The molecule has 1 heterocycles. The second-order valence-corrected chi connectivity index (χ2v) is 7.38. The molecular formula is C19H17N4O4S-. The molecule has 0 fully saturated rings. The van der Waals surface area contributed by atoms with Crippen LogP contribution in [0.5, 0.6) is 5.75 Å². The highest BCUT2D eigenvalue weighted by Gasteiger charge is 2.13. The van der Waals surface area contributed by atoms with Crippen molar-refractivity contribution in [3.8, 4) is 5.75 Å². The summed E-state index contributed by atoms with van der Waals surface area (Å²) in [5.41, 5.74) is 1.51. The molecule has 0 saturated carbocycles. The topological polar surface area (TPSA) is 112 Å². The zero-order chi connectivity index (χ0) is 20.1. The number of benzene rings is 2. The van der Waals surface area contributed by atoms with Crippen molar-refractivity contribution in [2.24, 2.45) is 0 Å². The Kier molecular flexibility index (Phi) is 5.55. The standard InChI is InChI=1S/C19H18N4O4S/c1-13-11-12-20-19(21-13)23-28(25,26)17-9-5-15(6-10-17)22-18(24)14-3-7-16(27-2)8-4-14/h3-12H,1-2H3,(H2,20,21,22,23,24)/p-1. The Bertz CT molecular complexity index is 1080. The summed E-state index contributed by atoms with van der Waals surface area (Å²) in [5, 5.41) is 2.70. The van der Waals surface area contributed by atoms with Crippen molar-refractivity contribution in [2.75, 3.05) is 12.4 Å². The molecule has 0 atom stereocenters. The van der Waals surface area contributed by atoms with Crippen molar-refractivity contribution >= 4 is 27.6 Å². The van der Waals surface area contributed by atoms with Crippen molar-refractivity contribution < 1.29 is 17.9 Å². The van der Waals surface area contributed by atoms with Gasteiger partial charge in [-0.15, -0.1) is 0 Å². The third-order valence-corrected chi connectivity index (χ3v) is 5.02. The Balaban J connectivity index is 1.70. The number of anilines is 1. The monoisotopic (exact) mass is 397 g/mol. The van der Waals surface area contributed by atoms with E-state index in [1.807, 2.05) is 0 Å². The van der Waals surface area contributed by atoms with Gasteiger partial charge in [-0.1, -0.05) is 6.07 Å². The van der Waals surface area contributed by atoms with Crippen molar-refractivity contribution in [1.82, 2.24) is 9.97 Å². The zero-order valence-corrected chi connectivity index (χ0v) is 16.0. The van der Waals surface area contributed by atoms with Crippen LogP contribution in [0.15, 0.2) is 65.7 Å². The first-order valence-corrected chi connectivity index (χ1v) is 9.64. The molecule has 0 aliphatic heterocycles. The summed E-state index contributed by atoms with van der Waals surface area (Å²) < 4.78 is 33.4. The number of rotatable bonds is 6. The average Bonchev–Trinajstić information content (AvgIpc) is 2.68. The van der Waals surface area contributed by atoms with E-state index in [0.29, 0.717) is 22.7 Å². The summed E-state index contributed by atoms with van der Waals surface area (Å²) in [4.78, 5) is 20.0. The lowest BCUT2D eigenvalue weighted by atomic mass is 10.2. The van der Waals surface area contributed by atoms with Gasteiger partial charge in [0.15, 0.2) is 0 Å². The van der Waals surface area contributed by atoms with Gasteiger partial charge in [0.05, 0.1) is 12.0 Å². The van der Waals surface area contributed by atoms with Gasteiger partial charge in [-0.05, 0) is 67.3 Å². The van der Waals surface area contributed by atoms with Crippen LogP contribution in [0.25, 0.3) is 4.72 Å². The number of carbonyl (C=O) groups excluding carboxylic acids is 1. The fraction of sp³-hybridized carbons (Fsp3) is 0.105. The molecule has 0 aliphatic rings. The van der Waals surface area contributed by atoms with Crippen molar-refractivity contribution in [3.05, 3.63) is 76.8 Å². The smallest absolute Gasteiger partial charge is 0.255 e. The summed E-state index contributed by atoms with van der Waals surface area (Å²) >= 11 is 0. The van der Waals surface area contributed by atoms with E-state index in [2.05, 4.69) is 20.0 Å². The van der Waals surface area contributed by atoms with Crippen LogP contribution in [0.1, 0.15) is 16.1 Å². The molecule has 3 rings (SSSR count). The molecule has 3 aromatic rings. The number of methoxy groups -OCH3 is 1. The van der Waals surface area contributed by atoms with Crippen LogP contribution in [-0.2, 0) is 10.0 Å². The lowest BCUT2D eigenvalue weighted by molar-refractivity contribution is 0.102. The summed E-state index contributed by atoms with van der Waals surface area (Å²) in [5.74, 6) is 0.195. The fourth-order valence-corrected chi connectivity index (χ4v) is 3.18. The van der Waals surface area contributed by atoms with E-state index < -0.39 is 10.0 Å². The lowest BCUT2D eigenvalue weighted by Crippen LogP contribution is -2.11. The van der Waals surface area contributed by atoms with E-state index in [1.54, 1.807) is 44.4 Å². The van der Waals surface area contributed by atoms with Gasteiger partial charge in [-0.25, -0.2) is 8.42 Å². The van der Waals surface area contributed by atoms with Gasteiger partial charge in [0.2, 0.25) is 10.0 Å². The van der Waals surface area contributed by atoms with Crippen LogP contribution in [0, 0.1) is 6.92 Å². The average molecular weight is 397 g/mol. The van der Waals surface area contributed by atoms with Crippen LogP contribution < -0.4 is 10.1 Å². The molecule has 8 nitrogen and oxygen atoms in total. The van der Waals surface area contributed by atoms with Gasteiger partial charge in [0.25, 0.3) is 5.91 Å². The first kappa shape index (κ1) is 19.3. The van der Waals surface area contributed by atoms with E-state index in [0.717, 1.165) is 0 Å². The molecule has 1 aromatic heterocycles. The number of amides is 1. The first-order valence-electron chi connectivity index (χ1n) is 8.20. The molecule has 144 valence electrons. The van der Waals surface area contributed by atoms with E-state index in [4.69, 9.17) is 4.74 Å². The van der Waals surface area contributed by atoms with Gasteiger partial charge in [-0.2, -0.15) is 0 Å². The maximum Gasteiger partial charge on any atom is 0.255 e. The third kappa shape index (κ3) is 4.63. The predicted molar refractivity (Wildman–Crippen MR) is 104 cm³/mol. The predicted octanol–water partition coefficient (Wildman–Crippen LogP) is 3.44. The number of nitrogens with one attached hydrogen (secondary N) is 1. The maximum atomic E-state index is 12.4. The molecule has 2 aromatic carbocycles. The number of sulfonamides is 1. The van der Waals surface area contributed by atoms with Gasteiger partial charge < -0.3 is 20.0 Å². The van der Waals surface area contributed by atoms with Crippen molar-refractivity contribution in [2.45, 2.75) is 11.8 Å². The largest absolute Gasteiger partial charge is 0.497 e. The molecule has 1 amide bonds. The Morgan fingerprint density at radius 1 is 1.04 bits per heavy atom. The molecule has 0 unspecified atom stereocenters. The van der Waals surface area contributed by atoms with Gasteiger partial charge in [0.1, 0.15) is 5.75 Å². The SMILES string of the molecule is COc1ccc(C(=O)Nc2ccc(S(=O)(=O)[N-]c3nccc(C)n3)cc2)cc1. The summed E-state index contributed by atoms with van der Waals surface area (Å²) in [6, 6.07) is 14.0. The number of aryl methyl sites for hydroxylation is 1. The van der Waals surface area contributed by atoms with Crippen LogP contribution in [0.2, 0.25) is 0 Å². The highest BCUT2D eigenvalue weighted by Crippen LogP contribution is 2.25. The second-order valence-electron chi connectivity index (χ2n) is 5.77. The third-order valence-electron chi connectivity index (χ3n) is 3.75. The number of aromatic nitrogens is 2. The molecule has 0 saturated heterocycles. The van der Waals surface area contributed by atoms with E-state index in [9.17, 15) is 13.2 Å². The molecule has 9 heteroatoms. The van der Waals surface area contributed by atoms with Crippen LogP contribution in [0.4, 0.5) is 11.6 Å². The molecular weight excluding hydrogens is 380 g/mol. The van der Waals surface area contributed by atoms with Crippen molar-refractivity contribution in [1.29, 1.82) is 0 Å². The number of hydrogen-bond donors (Lipinski definition) is 1. The highest BCUT2D eigenvalue weighted by atomic mass is 32.2. The number of hydrogen-bond acceptors (Lipinski definition) is 6. The molecule has 1 N–H and O–H groups in total. The van der Waals surface area contributed by atoms with Gasteiger partial charge >= 0.3 is 0 Å². The minimum absolute atomic E-state index is 0.0277. The van der Waals surface area contributed by atoms with Crippen LogP contribution in [0.3, 0.4) is 0 Å². The number of carbonyl (C=O) groups is 1. The minimum Gasteiger partial charge on any atom is -0.497 e. The normalized spacial score (nSPS) is 10.9. The lowest BCUT2D eigenvalue weighted by Gasteiger charge is -2.14. The summed E-state index contributed by atoms with van der Waals surface area (Å²) in [6.07, 6.45) is 1.44. The van der Waals surface area contributed by atoms with E-state index >= 15 is 0 Å². The first-order chi connectivity index (χ1) is 13.4. The van der Waals surface area contributed by atoms with E-state index in [-0.39, 0.29) is 16.8 Å². The minimum atomic E-state index is -3.96. The molecule has 0 aliphatic carbocycles. The Labute approximate surface area is 162 Å². The number of nitrogens with zero attached hydrogens (tertiary/aromatic N) is 3. The highest BCUT2D eigenvalue weighted by molar-refractivity contribution is 7.94. The maximum absolute atomic E-state index is 12.4. The second kappa shape index (κ2) is 8.05. The summed E-state index contributed by atoms with van der Waals surface area (Å²) in [7, 11) is -2.42.